The lowest BCUT2D eigenvalue weighted by Gasteiger charge is -2.38. The number of aromatic nitrogens is 2. The number of nitrogens with two attached hydrogens (primary N) is 1. The number of anilines is 1. The highest BCUT2D eigenvalue weighted by atomic mass is 31.3. The van der Waals surface area contributed by atoms with Crippen LogP contribution in [0.4, 0.5) is 5.82 Å². The standard InChI is InChI=1S/C52H87N3O18P2/c1-3-5-7-8-9-10-11-12-13-14-15-16-17-18-19-20-26-30-48(60)71-40-36-68-47(59)29-25-22-21-24-28-42-44(58)35-43(57)41(32-31-39(56)27-23-6-4-2)49(61)50(62)45(38-70-75(66,67)73-74(64,65)69-37-40)72-51(42)55-34-33-46(53)54-52(55)63/h9-10,12-13,31-34,39-43,45,49-51,56-57,61-62H,3-8,11,14-30,35-38H2,1-2H3,(H,64,65)(H,66,67)(H2,53,54,63)/b10-9-,13-12-,32-31+/t39-,40+,41-,42-,43+,45+,49-,50+,51+/m0/s1. The van der Waals surface area contributed by atoms with Gasteiger partial charge >= 0.3 is 33.3 Å². The molecule has 1 aromatic heterocycles. The number of unbranched alkanes of at least 4 members (excludes halogenated alkanes) is 12. The maximum absolute atomic E-state index is 14.3. The zero-order chi connectivity index (χ0) is 55.1. The number of aliphatic hydroxyl groups is 4. The van der Waals surface area contributed by atoms with Crippen molar-refractivity contribution < 1.29 is 81.3 Å². The lowest BCUT2D eigenvalue weighted by Crippen LogP contribution is -2.51. The van der Waals surface area contributed by atoms with Gasteiger partial charge < -0.3 is 50.2 Å². The predicted octanol–water partition coefficient (Wildman–Crippen LogP) is 8.15. The first kappa shape index (κ1) is 65.9. The number of fused-ring (bicyclic) bond motifs is 3. The Bertz CT molecular complexity index is 2070. The largest absolute Gasteiger partial charge is 0.481 e. The Morgan fingerprint density at radius 3 is 2.13 bits per heavy atom. The summed E-state index contributed by atoms with van der Waals surface area (Å²) in [6, 6.07) is 1.23. The highest BCUT2D eigenvalue weighted by Crippen LogP contribution is 2.60. The lowest BCUT2D eigenvalue weighted by molar-refractivity contribution is -0.184. The molecule has 2 saturated heterocycles. The second-order valence-corrected chi connectivity index (χ2v) is 22.5. The van der Waals surface area contributed by atoms with Gasteiger partial charge in [-0.1, -0.05) is 134 Å². The zero-order valence-electron chi connectivity index (χ0n) is 44.1. The van der Waals surface area contributed by atoms with E-state index in [0.717, 1.165) is 75.2 Å². The minimum atomic E-state index is -5.72. The second-order valence-electron chi connectivity index (χ2n) is 19.5. The number of hydrogen-bond donors (Lipinski definition) is 7. The van der Waals surface area contributed by atoms with Crippen LogP contribution in [-0.2, 0) is 51.1 Å². The van der Waals surface area contributed by atoms with E-state index in [-0.39, 0.29) is 25.1 Å². The SMILES string of the molecule is CCCCC/C=C\C/C=C\CCCCCCCCCC(=O)O[C@@H]1COC(=O)CCCCCC[C@H]2C(=O)C[C@@H](O)[C@H](/C=C/[C@@H](O)CCCCC)[C@H](O)[C@H](O)[C@@H](COP(=O)(O)OP(=O)(O)OC1)O[C@H]2n1ccc(N)nc1=O. The third kappa shape index (κ3) is 27.1. The number of carbonyl (C=O) groups is 3. The van der Waals surface area contributed by atoms with Gasteiger partial charge in [-0.25, -0.2) is 13.9 Å². The molecule has 0 aromatic carbocycles. The predicted molar refractivity (Wildman–Crippen MR) is 281 cm³/mol. The summed E-state index contributed by atoms with van der Waals surface area (Å²) in [5.74, 6) is -4.95. The molecule has 0 aliphatic carbocycles. The van der Waals surface area contributed by atoms with Gasteiger partial charge in [-0.15, -0.1) is 0 Å². The van der Waals surface area contributed by atoms with Crippen molar-refractivity contribution in [2.45, 2.75) is 217 Å². The lowest BCUT2D eigenvalue weighted by atomic mass is 9.83. The third-order valence-corrected chi connectivity index (χ3v) is 15.7. The maximum Gasteiger partial charge on any atom is 0.481 e. The molecule has 3 heterocycles. The molecule has 2 aliphatic rings. The number of allylic oxidation sites excluding steroid dienone is 4. The number of phosphoric ester groups is 2. The van der Waals surface area contributed by atoms with E-state index < -0.39 is 120 Å². The fourth-order valence-corrected chi connectivity index (χ4v) is 10.9. The Morgan fingerprint density at radius 2 is 1.45 bits per heavy atom. The van der Waals surface area contributed by atoms with E-state index in [9.17, 15) is 58.5 Å². The van der Waals surface area contributed by atoms with Crippen LogP contribution in [0.25, 0.3) is 0 Å². The Balaban J connectivity index is 1.75. The van der Waals surface area contributed by atoms with Gasteiger partial charge in [0.15, 0.2) is 6.10 Å². The van der Waals surface area contributed by atoms with E-state index in [4.69, 9.17) is 29.0 Å². The molecule has 23 heteroatoms. The van der Waals surface area contributed by atoms with Crippen molar-refractivity contribution in [2.75, 3.05) is 25.6 Å². The molecular weight excluding hydrogens is 1020 g/mol. The van der Waals surface area contributed by atoms with Crippen LogP contribution in [-0.4, -0.2) is 114 Å². The van der Waals surface area contributed by atoms with Crippen LogP contribution in [0, 0.1) is 11.8 Å². The van der Waals surface area contributed by atoms with E-state index in [1.54, 1.807) is 0 Å². The van der Waals surface area contributed by atoms with Gasteiger partial charge in [0.2, 0.25) is 0 Å². The molecule has 1 aromatic rings. The molecule has 0 spiro atoms. The first-order valence-corrected chi connectivity index (χ1v) is 30.1. The molecule has 0 amide bonds. The van der Waals surface area contributed by atoms with Crippen molar-refractivity contribution in [1.82, 2.24) is 9.55 Å². The van der Waals surface area contributed by atoms with E-state index in [1.807, 2.05) is 6.92 Å². The van der Waals surface area contributed by atoms with Crippen molar-refractivity contribution in [3.05, 3.63) is 59.2 Å². The molecule has 75 heavy (non-hydrogen) atoms. The van der Waals surface area contributed by atoms with Gasteiger partial charge in [-0.05, 0) is 63.9 Å². The summed E-state index contributed by atoms with van der Waals surface area (Å²) >= 11 is 0. The van der Waals surface area contributed by atoms with E-state index >= 15 is 0 Å². The van der Waals surface area contributed by atoms with Crippen LogP contribution < -0.4 is 11.4 Å². The van der Waals surface area contributed by atoms with E-state index in [0.29, 0.717) is 44.9 Å². The number of aliphatic hydroxyl groups excluding tert-OH is 4. The van der Waals surface area contributed by atoms with Crippen molar-refractivity contribution in [3.8, 4) is 0 Å². The molecule has 21 nitrogen and oxygen atoms in total. The molecule has 8 N–H and O–H groups in total. The smallest absolute Gasteiger partial charge is 0.462 e. The van der Waals surface area contributed by atoms with Crippen LogP contribution in [0.1, 0.15) is 181 Å². The normalized spacial score (nSPS) is 29.1. The highest BCUT2D eigenvalue weighted by molar-refractivity contribution is 7.61. The Kier molecular flexibility index (Phi) is 32.2. The molecule has 2 bridgehead atoms. The van der Waals surface area contributed by atoms with Crippen molar-refractivity contribution in [1.29, 1.82) is 0 Å². The quantitative estimate of drug-likeness (QED) is 0.0222. The van der Waals surface area contributed by atoms with Gasteiger partial charge in [-0.2, -0.15) is 9.29 Å². The fourth-order valence-electron chi connectivity index (χ4n) is 8.76. The van der Waals surface area contributed by atoms with Crippen LogP contribution in [0.2, 0.25) is 0 Å². The monoisotopic (exact) mass is 1100 g/mol. The number of cyclic esters (lactones) is 1. The number of phosphoric acid groups is 2. The molecule has 2 unspecified atom stereocenters. The molecule has 2 aliphatic heterocycles. The number of nitrogen functional groups attached to an aromatic ring is 1. The molecule has 3 rings (SSSR count). The Labute approximate surface area is 442 Å². The van der Waals surface area contributed by atoms with Crippen molar-refractivity contribution in [2.24, 2.45) is 11.8 Å². The van der Waals surface area contributed by atoms with Gasteiger partial charge in [0.05, 0.1) is 37.4 Å². The van der Waals surface area contributed by atoms with Crippen LogP contribution >= 0.6 is 15.6 Å². The minimum absolute atomic E-state index is 0.00400. The van der Waals surface area contributed by atoms with E-state index in [2.05, 4.69) is 40.5 Å². The molecule has 0 saturated carbocycles. The van der Waals surface area contributed by atoms with Gasteiger partial charge in [0, 0.05) is 31.4 Å². The number of nitrogens with zero attached hydrogens (tertiary/aromatic N) is 2. The van der Waals surface area contributed by atoms with E-state index in [1.165, 1.54) is 43.7 Å². The molecule has 0 radical (unpaired) electrons. The first-order chi connectivity index (χ1) is 35.9. The number of esters is 2. The van der Waals surface area contributed by atoms with Gasteiger partial charge in [0.25, 0.3) is 0 Å². The second kappa shape index (κ2) is 36.6. The molecular formula is C52H87N3O18P2. The van der Waals surface area contributed by atoms with Gasteiger partial charge in [-0.3, -0.25) is 28.0 Å². The summed E-state index contributed by atoms with van der Waals surface area (Å²) in [5.41, 5.74) is 4.76. The number of carbonyl (C=O) groups excluding carboxylic acids is 3. The molecule has 11 atom stereocenters. The van der Waals surface area contributed by atoms with Gasteiger partial charge in [0.1, 0.15) is 36.6 Å². The fraction of sp³-hybridized carbons (Fsp3) is 0.750. The number of ether oxygens (including phenoxy) is 3. The zero-order valence-corrected chi connectivity index (χ0v) is 45.9. The number of Topliss-reactive ketones (excluding diaryl/α,β-unsaturated/α-hetero) is 1. The van der Waals surface area contributed by atoms with Crippen LogP contribution in [0.3, 0.4) is 0 Å². The number of ketones is 1. The molecule has 2 fully saturated rings. The summed E-state index contributed by atoms with van der Waals surface area (Å²) in [4.78, 5) is 78.6. The topological polar surface area (TPSA) is 323 Å². The third-order valence-electron chi connectivity index (χ3n) is 13.1. The first-order valence-electron chi connectivity index (χ1n) is 27.1. The van der Waals surface area contributed by atoms with Crippen molar-refractivity contribution in [3.63, 3.8) is 0 Å². The maximum atomic E-state index is 14.3. The number of rotatable bonds is 24. The Morgan fingerprint density at radius 1 is 0.827 bits per heavy atom. The van der Waals surface area contributed by atoms with Crippen LogP contribution in [0.5, 0.6) is 0 Å². The highest BCUT2D eigenvalue weighted by Gasteiger charge is 2.45. The van der Waals surface area contributed by atoms with Crippen LogP contribution in [0.15, 0.2) is 53.5 Å². The van der Waals surface area contributed by atoms with Crippen molar-refractivity contribution >= 4 is 39.2 Å². The molecule has 428 valence electrons. The Hall–Kier alpha value is -3.43. The number of hydrogen-bond acceptors (Lipinski definition) is 18. The summed E-state index contributed by atoms with van der Waals surface area (Å²) in [6.07, 6.45) is 17.5. The summed E-state index contributed by atoms with van der Waals surface area (Å²) in [6.45, 7) is 1.46. The average Bonchev–Trinajstić information content (AvgIpc) is 3.35. The summed E-state index contributed by atoms with van der Waals surface area (Å²) in [7, 11) is -11.3. The average molecular weight is 1100 g/mol. The summed E-state index contributed by atoms with van der Waals surface area (Å²) in [5, 5.41) is 45.6. The minimum Gasteiger partial charge on any atom is -0.462 e. The summed E-state index contributed by atoms with van der Waals surface area (Å²) < 4.78 is 59.1.